The summed E-state index contributed by atoms with van der Waals surface area (Å²) in [6.45, 7) is 7.66. The van der Waals surface area contributed by atoms with Crippen LogP contribution in [-0.4, -0.2) is 63.0 Å². The SMILES string of the molecule is CC/C=C\CC1CCCCN1C(=O)[C@H](OC(C)=O)[C@@H](OC(C)=O)C(=O)NCc1ccc(Cn2c(C)nc3c2C=CCC3)cc1. The van der Waals surface area contributed by atoms with E-state index in [0.717, 1.165) is 73.8 Å². The molecule has 0 bridgehead atoms. The standard InChI is InChI=1S/C34H44N4O6/c1-5-6-7-12-28-13-10-11-20-37(28)34(42)32(44-25(4)40)31(43-24(3)39)33(41)35-21-26-16-18-27(19-17-26)22-38-23(2)36-29-14-8-9-15-30(29)38/h6-7,9,15-19,28,31-32H,5,8,10-14,20-22H2,1-4H3,(H,35,41)/b7-6-/t28?,31-,32-/m1/s1. The van der Waals surface area contributed by atoms with Gasteiger partial charge < -0.3 is 24.3 Å². The van der Waals surface area contributed by atoms with Crippen molar-refractivity contribution in [1.82, 2.24) is 19.8 Å². The fraction of sp³-hybridized carbons (Fsp3) is 0.500. The molecule has 10 nitrogen and oxygen atoms in total. The molecule has 44 heavy (non-hydrogen) atoms. The largest absolute Gasteiger partial charge is 0.448 e. The molecular weight excluding hydrogens is 560 g/mol. The molecule has 1 aliphatic carbocycles. The maximum absolute atomic E-state index is 13.8. The molecule has 1 N–H and O–H groups in total. The van der Waals surface area contributed by atoms with E-state index in [9.17, 15) is 19.2 Å². The molecule has 1 aliphatic heterocycles. The van der Waals surface area contributed by atoms with Crippen LogP contribution < -0.4 is 5.32 Å². The summed E-state index contributed by atoms with van der Waals surface area (Å²) in [5.41, 5.74) is 4.18. The highest BCUT2D eigenvalue weighted by Gasteiger charge is 2.43. The van der Waals surface area contributed by atoms with Crippen molar-refractivity contribution in [2.75, 3.05) is 6.54 Å². The third-order valence-electron chi connectivity index (χ3n) is 8.01. The molecule has 1 aromatic heterocycles. The van der Waals surface area contributed by atoms with Crippen molar-refractivity contribution < 1.29 is 28.7 Å². The zero-order chi connectivity index (χ0) is 31.6. The molecule has 1 aromatic carbocycles. The first-order valence-electron chi connectivity index (χ1n) is 15.6. The Morgan fingerprint density at radius 3 is 2.43 bits per heavy atom. The number of fused-ring (bicyclic) bond motifs is 1. The second-order valence-corrected chi connectivity index (χ2v) is 11.4. The predicted molar refractivity (Wildman–Crippen MR) is 166 cm³/mol. The summed E-state index contributed by atoms with van der Waals surface area (Å²) >= 11 is 0. The molecule has 236 valence electrons. The number of carbonyl (C=O) groups excluding carboxylic acids is 4. The normalized spacial score (nSPS) is 17.5. The van der Waals surface area contributed by atoms with Gasteiger partial charge in [-0.25, -0.2) is 4.98 Å². The Bertz CT molecular complexity index is 1390. The first-order valence-corrected chi connectivity index (χ1v) is 15.6. The van der Waals surface area contributed by atoms with Crippen LogP contribution in [0.2, 0.25) is 0 Å². The van der Waals surface area contributed by atoms with E-state index in [-0.39, 0.29) is 12.6 Å². The van der Waals surface area contributed by atoms with Crippen molar-refractivity contribution in [2.24, 2.45) is 0 Å². The summed E-state index contributed by atoms with van der Waals surface area (Å²) in [5.74, 6) is -1.77. The molecule has 1 fully saturated rings. The maximum Gasteiger partial charge on any atom is 0.303 e. The van der Waals surface area contributed by atoms with Crippen LogP contribution in [0.4, 0.5) is 0 Å². The van der Waals surface area contributed by atoms with Crippen LogP contribution in [0.3, 0.4) is 0 Å². The average molecular weight is 605 g/mol. The fourth-order valence-corrected chi connectivity index (χ4v) is 5.83. The highest BCUT2D eigenvalue weighted by atomic mass is 16.6. The minimum absolute atomic E-state index is 0.0932. The first-order chi connectivity index (χ1) is 21.2. The minimum Gasteiger partial charge on any atom is -0.448 e. The van der Waals surface area contributed by atoms with Crippen molar-refractivity contribution in [2.45, 2.75) is 104 Å². The predicted octanol–water partition coefficient (Wildman–Crippen LogP) is 4.42. The van der Waals surface area contributed by atoms with Gasteiger partial charge >= 0.3 is 11.9 Å². The van der Waals surface area contributed by atoms with Gasteiger partial charge in [0, 0.05) is 39.5 Å². The number of rotatable bonds is 12. The second-order valence-electron chi connectivity index (χ2n) is 11.4. The average Bonchev–Trinajstić information content (AvgIpc) is 3.32. The third-order valence-corrected chi connectivity index (χ3v) is 8.01. The van der Waals surface area contributed by atoms with E-state index < -0.39 is 36.0 Å². The second kappa shape index (κ2) is 15.5. The summed E-state index contributed by atoms with van der Waals surface area (Å²) in [6.07, 6.45) is 11.2. The van der Waals surface area contributed by atoms with E-state index >= 15 is 0 Å². The lowest BCUT2D eigenvalue weighted by atomic mass is 9.97. The van der Waals surface area contributed by atoms with Crippen LogP contribution in [-0.2, 0) is 48.2 Å². The fourth-order valence-electron chi connectivity index (χ4n) is 5.83. The Labute approximate surface area is 259 Å². The number of aromatic nitrogens is 2. The van der Waals surface area contributed by atoms with Crippen LogP contribution in [0, 0.1) is 6.92 Å². The van der Waals surface area contributed by atoms with E-state index in [1.807, 2.05) is 50.3 Å². The van der Waals surface area contributed by atoms with E-state index in [4.69, 9.17) is 14.5 Å². The number of likely N-dealkylation sites (tertiary alicyclic amines) is 1. The van der Waals surface area contributed by atoms with Gasteiger partial charge in [0.2, 0.25) is 12.2 Å². The van der Waals surface area contributed by atoms with Gasteiger partial charge in [0.05, 0.1) is 11.4 Å². The third kappa shape index (κ3) is 8.45. The lowest BCUT2D eigenvalue weighted by Crippen LogP contribution is -2.56. The van der Waals surface area contributed by atoms with Crippen molar-refractivity contribution >= 4 is 29.8 Å². The number of piperidine rings is 1. The van der Waals surface area contributed by atoms with Crippen molar-refractivity contribution in [1.29, 1.82) is 0 Å². The van der Waals surface area contributed by atoms with Crippen molar-refractivity contribution in [3.8, 4) is 0 Å². The minimum atomic E-state index is -1.62. The number of nitrogens with one attached hydrogen (secondary N) is 1. The monoisotopic (exact) mass is 604 g/mol. The van der Waals surface area contributed by atoms with E-state index in [1.165, 1.54) is 6.92 Å². The Hall–Kier alpha value is -4.21. The number of amides is 2. The number of ether oxygens (including phenoxy) is 2. The van der Waals surface area contributed by atoms with Gasteiger partial charge in [-0.2, -0.15) is 0 Å². The maximum atomic E-state index is 13.8. The zero-order valence-corrected chi connectivity index (χ0v) is 26.2. The van der Waals surface area contributed by atoms with Crippen LogP contribution in [0.1, 0.15) is 87.6 Å². The molecular formula is C34H44N4O6. The zero-order valence-electron chi connectivity index (χ0n) is 26.2. The van der Waals surface area contributed by atoms with Crippen LogP contribution in [0.5, 0.6) is 0 Å². The molecule has 2 heterocycles. The van der Waals surface area contributed by atoms with Gasteiger partial charge in [0.1, 0.15) is 5.82 Å². The summed E-state index contributed by atoms with van der Waals surface area (Å²) in [5, 5.41) is 2.77. The first kappa shape index (κ1) is 32.7. The number of benzene rings is 1. The van der Waals surface area contributed by atoms with Gasteiger partial charge in [0.25, 0.3) is 11.8 Å². The lowest BCUT2D eigenvalue weighted by Gasteiger charge is -2.38. The molecule has 0 saturated carbocycles. The highest BCUT2D eigenvalue weighted by molar-refractivity contribution is 5.93. The number of hydrogen-bond donors (Lipinski definition) is 1. The Balaban J connectivity index is 1.45. The van der Waals surface area contributed by atoms with Crippen LogP contribution in [0.15, 0.2) is 42.5 Å². The number of nitrogens with zero attached hydrogens (tertiary/aromatic N) is 3. The Morgan fingerprint density at radius 2 is 1.73 bits per heavy atom. The van der Waals surface area contributed by atoms with Gasteiger partial charge in [-0.3, -0.25) is 19.2 Å². The molecule has 2 amide bonds. The molecule has 10 heteroatoms. The summed E-state index contributed by atoms with van der Waals surface area (Å²) < 4.78 is 12.9. The topological polar surface area (TPSA) is 120 Å². The van der Waals surface area contributed by atoms with Crippen LogP contribution >= 0.6 is 0 Å². The molecule has 2 aromatic rings. The van der Waals surface area contributed by atoms with Gasteiger partial charge in [-0.15, -0.1) is 0 Å². The molecule has 3 atom stereocenters. The van der Waals surface area contributed by atoms with E-state index in [1.54, 1.807) is 4.90 Å². The quantitative estimate of drug-likeness (QED) is 0.281. The van der Waals surface area contributed by atoms with E-state index in [0.29, 0.717) is 19.5 Å². The molecule has 1 saturated heterocycles. The smallest absolute Gasteiger partial charge is 0.303 e. The van der Waals surface area contributed by atoms with Gasteiger partial charge in [-0.1, -0.05) is 49.4 Å². The molecule has 0 spiro atoms. The number of imidazole rings is 1. The molecule has 4 rings (SSSR count). The number of esters is 2. The molecule has 0 radical (unpaired) electrons. The number of hydrogen-bond acceptors (Lipinski definition) is 7. The number of aryl methyl sites for hydroxylation is 2. The molecule has 2 aliphatic rings. The Kier molecular flexibility index (Phi) is 11.5. The van der Waals surface area contributed by atoms with Crippen LogP contribution in [0.25, 0.3) is 6.08 Å². The van der Waals surface area contributed by atoms with Crippen molar-refractivity contribution in [3.05, 3.63) is 70.8 Å². The lowest BCUT2D eigenvalue weighted by molar-refractivity contribution is -0.179. The molecule has 1 unspecified atom stereocenters. The Morgan fingerprint density at radius 1 is 1.02 bits per heavy atom. The number of allylic oxidation sites excluding steroid dienone is 2. The summed E-state index contributed by atoms with van der Waals surface area (Å²) in [4.78, 5) is 57.7. The summed E-state index contributed by atoms with van der Waals surface area (Å²) in [7, 11) is 0. The van der Waals surface area contributed by atoms with Gasteiger partial charge in [0.15, 0.2) is 0 Å². The van der Waals surface area contributed by atoms with Crippen molar-refractivity contribution in [3.63, 3.8) is 0 Å². The van der Waals surface area contributed by atoms with E-state index in [2.05, 4.69) is 22.0 Å². The van der Waals surface area contributed by atoms with Gasteiger partial charge in [-0.05, 0) is 69.1 Å². The summed E-state index contributed by atoms with van der Waals surface area (Å²) in [6, 6.07) is 7.74. The number of carbonyl (C=O) groups is 4. The highest BCUT2D eigenvalue weighted by Crippen LogP contribution is 2.24.